The Hall–Kier alpha value is -0.120. The summed E-state index contributed by atoms with van der Waals surface area (Å²) in [7, 11) is 0. The van der Waals surface area contributed by atoms with E-state index in [0.29, 0.717) is 6.04 Å². The summed E-state index contributed by atoms with van der Waals surface area (Å²) in [5.41, 5.74) is 0. The van der Waals surface area contributed by atoms with Gasteiger partial charge in [-0.05, 0) is 25.8 Å². The maximum Gasteiger partial charge on any atom is 0.0593 e. The lowest BCUT2D eigenvalue weighted by molar-refractivity contribution is 0.0711. The summed E-state index contributed by atoms with van der Waals surface area (Å²) in [6, 6.07) is 1.31. The first-order valence-electron chi connectivity index (χ1n) is 7.29. The fourth-order valence-electron chi connectivity index (χ4n) is 2.39. The second-order valence-electron chi connectivity index (χ2n) is 5.36. The van der Waals surface area contributed by atoms with Crippen LogP contribution in [0.25, 0.3) is 0 Å². The second kappa shape index (κ2) is 8.90. The molecule has 1 unspecified atom stereocenters. The lowest BCUT2D eigenvalue weighted by atomic mass is 10.0. The smallest absolute Gasteiger partial charge is 0.0593 e. The van der Waals surface area contributed by atoms with Crippen LogP contribution in [0.3, 0.4) is 0 Å². The zero-order valence-electron chi connectivity index (χ0n) is 11.9. The molecule has 1 N–H and O–H groups in total. The van der Waals surface area contributed by atoms with Crippen LogP contribution in [0, 0.1) is 0 Å². The molecule has 1 rings (SSSR count). The molecule has 0 bridgehead atoms. The van der Waals surface area contributed by atoms with Crippen LogP contribution in [0.15, 0.2) is 0 Å². The van der Waals surface area contributed by atoms with E-state index in [-0.39, 0.29) is 0 Å². The largest absolute Gasteiger partial charge is 0.380 e. The molecule has 0 aromatic carbocycles. The number of nitrogens with one attached hydrogen (secondary N) is 1. The van der Waals surface area contributed by atoms with E-state index in [0.717, 1.165) is 38.8 Å². The van der Waals surface area contributed by atoms with Crippen LogP contribution >= 0.6 is 0 Å². The molecule has 3 heteroatoms. The fraction of sp³-hybridized carbons (Fsp3) is 1.00. The summed E-state index contributed by atoms with van der Waals surface area (Å²) in [6.07, 6.45) is 5.20. The van der Waals surface area contributed by atoms with E-state index in [2.05, 4.69) is 31.0 Å². The first-order valence-corrected chi connectivity index (χ1v) is 7.29. The molecular weight excluding hydrogens is 212 g/mol. The Morgan fingerprint density at radius 2 is 2.12 bits per heavy atom. The highest BCUT2D eigenvalue weighted by Gasteiger charge is 2.21. The minimum absolute atomic E-state index is 0.593. The molecule has 1 heterocycles. The summed E-state index contributed by atoms with van der Waals surface area (Å²) >= 11 is 0. The summed E-state index contributed by atoms with van der Waals surface area (Å²) < 4.78 is 5.60. The normalized spacial score (nSPS) is 22.2. The lowest BCUT2D eigenvalue weighted by Crippen LogP contribution is -2.47. The van der Waals surface area contributed by atoms with Gasteiger partial charge in [-0.3, -0.25) is 4.90 Å². The van der Waals surface area contributed by atoms with Crippen molar-refractivity contribution >= 4 is 0 Å². The van der Waals surface area contributed by atoms with Gasteiger partial charge in [0.2, 0.25) is 0 Å². The van der Waals surface area contributed by atoms with Crippen molar-refractivity contribution < 1.29 is 4.74 Å². The molecule has 0 aromatic rings. The van der Waals surface area contributed by atoms with Gasteiger partial charge in [-0.25, -0.2) is 0 Å². The van der Waals surface area contributed by atoms with Crippen molar-refractivity contribution in [2.45, 2.75) is 58.5 Å². The van der Waals surface area contributed by atoms with E-state index in [1.807, 2.05) is 0 Å². The van der Waals surface area contributed by atoms with Gasteiger partial charge in [-0.15, -0.1) is 0 Å². The Labute approximate surface area is 107 Å². The number of rotatable bonds is 8. The SMILES string of the molecule is CCCOCCN1CCCCC1CNC(C)C. The predicted molar refractivity (Wildman–Crippen MR) is 73.5 cm³/mol. The Morgan fingerprint density at radius 1 is 1.29 bits per heavy atom. The Morgan fingerprint density at radius 3 is 2.82 bits per heavy atom. The van der Waals surface area contributed by atoms with Crippen molar-refractivity contribution in [1.82, 2.24) is 10.2 Å². The molecule has 0 aliphatic carbocycles. The van der Waals surface area contributed by atoms with E-state index in [1.54, 1.807) is 0 Å². The van der Waals surface area contributed by atoms with E-state index in [4.69, 9.17) is 4.74 Å². The number of ether oxygens (including phenoxy) is 1. The fourth-order valence-corrected chi connectivity index (χ4v) is 2.39. The van der Waals surface area contributed by atoms with Crippen molar-refractivity contribution in [3.8, 4) is 0 Å². The number of hydrogen-bond acceptors (Lipinski definition) is 3. The Kier molecular flexibility index (Phi) is 7.82. The molecule has 1 aliphatic heterocycles. The van der Waals surface area contributed by atoms with Crippen molar-refractivity contribution in [2.75, 3.05) is 32.8 Å². The van der Waals surface area contributed by atoms with Gasteiger partial charge in [0.15, 0.2) is 0 Å². The molecule has 0 aromatic heterocycles. The molecule has 0 amide bonds. The maximum absolute atomic E-state index is 5.60. The Balaban J connectivity index is 2.22. The van der Waals surface area contributed by atoms with Gasteiger partial charge >= 0.3 is 0 Å². The van der Waals surface area contributed by atoms with Crippen molar-refractivity contribution in [3.05, 3.63) is 0 Å². The molecular formula is C14H30N2O. The van der Waals surface area contributed by atoms with Gasteiger partial charge in [0, 0.05) is 31.8 Å². The van der Waals surface area contributed by atoms with Crippen LogP contribution in [0.4, 0.5) is 0 Å². The summed E-state index contributed by atoms with van der Waals surface area (Å²) in [4.78, 5) is 2.61. The number of hydrogen-bond donors (Lipinski definition) is 1. The standard InChI is InChI=1S/C14H30N2O/c1-4-10-17-11-9-16-8-6-5-7-14(16)12-15-13(2)3/h13-15H,4-12H2,1-3H3. The molecule has 1 atom stereocenters. The number of piperidine rings is 1. The molecule has 102 valence electrons. The van der Waals surface area contributed by atoms with E-state index in [9.17, 15) is 0 Å². The van der Waals surface area contributed by atoms with Crippen molar-refractivity contribution in [1.29, 1.82) is 0 Å². The summed E-state index contributed by atoms with van der Waals surface area (Å²) in [5, 5.41) is 3.56. The highest BCUT2D eigenvalue weighted by molar-refractivity contribution is 4.79. The average molecular weight is 242 g/mol. The topological polar surface area (TPSA) is 24.5 Å². The third-order valence-corrected chi connectivity index (χ3v) is 3.38. The van der Waals surface area contributed by atoms with Gasteiger partial charge < -0.3 is 10.1 Å². The molecule has 1 aliphatic rings. The molecule has 0 saturated carbocycles. The van der Waals surface area contributed by atoms with Gasteiger partial charge in [0.25, 0.3) is 0 Å². The van der Waals surface area contributed by atoms with Gasteiger partial charge in [-0.1, -0.05) is 27.2 Å². The predicted octanol–water partition coefficient (Wildman–Crippen LogP) is 2.27. The van der Waals surface area contributed by atoms with Gasteiger partial charge in [0.1, 0.15) is 0 Å². The zero-order chi connectivity index (χ0) is 12.5. The highest BCUT2D eigenvalue weighted by atomic mass is 16.5. The zero-order valence-corrected chi connectivity index (χ0v) is 11.9. The van der Waals surface area contributed by atoms with Gasteiger partial charge in [0.05, 0.1) is 6.61 Å². The maximum atomic E-state index is 5.60. The van der Waals surface area contributed by atoms with Crippen molar-refractivity contribution in [3.63, 3.8) is 0 Å². The van der Waals surface area contributed by atoms with Crippen LogP contribution < -0.4 is 5.32 Å². The first-order chi connectivity index (χ1) is 8.24. The van der Waals surface area contributed by atoms with Crippen LogP contribution in [-0.4, -0.2) is 49.8 Å². The highest BCUT2D eigenvalue weighted by Crippen LogP contribution is 2.16. The average Bonchev–Trinajstić information content (AvgIpc) is 2.33. The number of nitrogens with zero attached hydrogens (tertiary/aromatic N) is 1. The van der Waals surface area contributed by atoms with E-state index < -0.39 is 0 Å². The minimum Gasteiger partial charge on any atom is -0.380 e. The second-order valence-corrected chi connectivity index (χ2v) is 5.36. The minimum atomic E-state index is 0.593. The van der Waals surface area contributed by atoms with Crippen LogP contribution in [-0.2, 0) is 4.74 Å². The van der Waals surface area contributed by atoms with Gasteiger partial charge in [-0.2, -0.15) is 0 Å². The van der Waals surface area contributed by atoms with Crippen LogP contribution in [0.5, 0.6) is 0 Å². The molecule has 0 spiro atoms. The summed E-state index contributed by atoms with van der Waals surface area (Å²) in [5.74, 6) is 0. The van der Waals surface area contributed by atoms with Crippen molar-refractivity contribution in [2.24, 2.45) is 0 Å². The quantitative estimate of drug-likeness (QED) is 0.661. The molecule has 1 fully saturated rings. The van der Waals surface area contributed by atoms with E-state index >= 15 is 0 Å². The van der Waals surface area contributed by atoms with E-state index in [1.165, 1.54) is 25.8 Å². The molecule has 3 nitrogen and oxygen atoms in total. The van der Waals surface area contributed by atoms with Crippen LogP contribution in [0.2, 0.25) is 0 Å². The molecule has 1 saturated heterocycles. The third-order valence-electron chi connectivity index (χ3n) is 3.38. The lowest BCUT2D eigenvalue weighted by Gasteiger charge is -2.36. The molecule has 17 heavy (non-hydrogen) atoms. The summed E-state index contributed by atoms with van der Waals surface area (Å²) in [6.45, 7) is 11.9. The first kappa shape index (κ1) is 14.9. The third kappa shape index (κ3) is 6.39. The Bertz CT molecular complexity index is 185. The van der Waals surface area contributed by atoms with Crippen LogP contribution in [0.1, 0.15) is 46.5 Å². The number of likely N-dealkylation sites (tertiary alicyclic amines) is 1. The monoisotopic (exact) mass is 242 g/mol. The molecule has 0 radical (unpaired) electrons.